The zero-order chi connectivity index (χ0) is 11.7. The lowest BCUT2D eigenvalue weighted by Crippen LogP contribution is -2.24. The van der Waals surface area contributed by atoms with Crippen LogP contribution >= 0.6 is 0 Å². The summed E-state index contributed by atoms with van der Waals surface area (Å²) >= 11 is 0. The Morgan fingerprint density at radius 3 is 2.73 bits per heavy atom. The van der Waals surface area contributed by atoms with E-state index in [1.165, 1.54) is 0 Å². The normalized spacial score (nSPS) is 16.1. The Labute approximate surface area is 91.6 Å². The molecule has 0 saturated carbocycles. The molecule has 0 aliphatic heterocycles. The van der Waals surface area contributed by atoms with Crippen LogP contribution < -0.4 is 0 Å². The van der Waals surface area contributed by atoms with E-state index in [0.29, 0.717) is 12.8 Å². The highest BCUT2D eigenvalue weighted by atomic mass is 16.3. The summed E-state index contributed by atoms with van der Waals surface area (Å²) in [6.07, 6.45) is 8.77. The molecule has 0 saturated heterocycles. The average molecular weight is 209 g/mol. The van der Waals surface area contributed by atoms with Gasteiger partial charge in [-0.15, -0.1) is 18.9 Å². The lowest BCUT2D eigenvalue weighted by atomic mass is 9.83. The molecular formula is C12H19NO2. The van der Waals surface area contributed by atoms with Crippen LogP contribution in [-0.2, 0) is 0 Å². The number of aliphatic hydroxyl groups is 1. The molecule has 3 heteroatoms. The van der Waals surface area contributed by atoms with Gasteiger partial charge in [0.05, 0.1) is 0 Å². The summed E-state index contributed by atoms with van der Waals surface area (Å²) in [6.45, 7) is 5.83. The van der Waals surface area contributed by atoms with Crippen LogP contribution in [0, 0.1) is 29.1 Å². The summed E-state index contributed by atoms with van der Waals surface area (Å²) in [5.41, 5.74) is 0. The number of allylic oxidation sites excluding steroid dienone is 1. The number of rotatable bonds is 8. The van der Waals surface area contributed by atoms with Crippen molar-refractivity contribution in [1.82, 2.24) is 0 Å². The molecule has 0 unspecified atom stereocenters. The summed E-state index contributed by atoms with van der Waals surface area (Å²) in [4.78, 5) is 10.7. The second kappa shape index (κ2) is 8.19. The summed E-state index contributed by atoms with van der Waals surface area (Å²) < 4.78 is 0. The van der Waals surface area contributed by atoms with Crippen LogP contribution in [0.15, 0.2) is 17.8 Å². The Morgan fingerprint density at radius 1 is 1.67 bits per heavy atom. The maximum Gasteiger partial charge on any atom is 0.106 e. The quantitative estimate of drug-likeness (QED) is 0.379. The Balaban J connectivity index is 4.49. The molecule has 0 fully saturated rings. The second-order valence-corrected chi connectivity index (χ2v) is 3.71. The molecular weight excluding hydrogens is 190 g/mol. The van der Waals surface area contributed by atoms with Crippen molar-refractivity contribution >= 4 is 0 Å². The predicted octanol–water partition coefficient (Wildman–Crippen LogP) is 2.36. The third-order valence-electron chi connectivity index (χ3n) is 2.70. The first-order chi connectivity index (χ1) is 7.21. The van der Waals surface area contributed by atoms with E-state index in [1.807, 2.05) is 6.92 Å². The van der Waals surface area contributed by atoms with Crippen molar-refractivity contribution in [1.29, 1.82) is 0 Å². The minimum absolute atomic E-state index is 0.0863. The molecule has 0 radical (unpaired) electrons. The number of terminal acetylenes is 1. The van der Waals surface area contributed by atoms with Gasteiger partial charge in [-0.1, -0.05) is 18.2 Å². The monoisotopic (exact) mass is 209 g/mol. The van der Waals surface area contributed by atoms with Crippen molar-refractivity contribution < 1.29 is 5.11 Å². The smallest absolute Gasteiger partial charge is 0.106 e. The van der Waals surface area contributed by atoms with Crippen LogP contribution in [0.4, 0.5) is 0 Å². The van der Waals surface area contributed by atoms with Crippen LogP contribution in [0.2, 0.25) is 0 Å². The average Bonchev–Trinajstić information content (AvgIpc) is 2.27. The van der Waals surface area contributed by atoms with Gasteiger partial charge >= 0.3 is 0 Å². The molecule has 0 aromatic carbocycles. The summed E-state index contributed by atoms with van der Waals surface area (Å²) in [7, 11) is 0. The number of nitroso groups, excluding NO2 is 1. The Hall–Kier alpha value is -1.14. The van der Waals surface area contributed by atoms with Gasteiger partial charge in [0.25, 0.3) is 0 Å². The lowest BCUT2D eigenvalue weighted by Gasteiger charge is -2.24. The van der Waals surface area contributed by atoms with Crippen molar-refractivity contribution in [3.05, 3.63) is 17.6 Å². The fraction of sp³-hybridized carbons (Fsp3) is 0.667. The van der Waals surface area contributed by atoms with E-state index in [1.54, 1.807) is 6.08 Å². The standard InChI is InChI=1S/C12H19NO2/c1-4-7-12(13-15)11(8-6-9-14)10(3)5-2/h1,5,10-12,14H,2,6-9H2,3H3/t10-,11-,12-/m1/s1. The van der Waals surface area contributed by atoms with Crippen molar-refractivity contribution in [2.75, 3.05) is 6.61 Å². The van der Waals surface area contributed by atoms with Gasteiger partial charge in [-0.05, 0) is 24.7 Å². The van der Waals surface area contributed by atoms with Crippen LogP contribution in [0.1, 0.15) is 26.2 Å². The highest BCUT2D eigenvalue weighted by Gasteiger charge is 2.25. The number of hydrogen-bond donors (Lipinski definition) is 1. The molecule has 0 aromatic rings. The van der Waals surface area contributed by atoms with Crippen LogP contribution in [0.5, 0.6) is 0 Å². The highest BCUT2D eigenvalue weighted by molar-refractivity contribution is 4.96. The maximum atomic E-state index is 10.7. The van der Waals surface area contributed by atoms with Gasteiger partial charge in [-0.2, -0.15) is 4.91 Å². The van der Waals surface area contributed by atoms with E-state index in [0.717, 1.165) is 6.42 Å². The van der Waals surface area contributed by atoms with Crippen molar-refractivity contribution in [3.8, 4) is 12.3 Å². The summed E-state index contributed by atoms with van der Waals surface area (Å²) in [5.74, 6) is 2.74. The van der Waals surface area contributed by atoms with Crippen molar-refractivity contribution in [2.24, 2.45) is 17.0 Å². The summed E-state index contributed by atoms with van der Waals surface area (Å²) in [5, 5.41) is 11.9. The molecule has 3 atom stereocenters. The van der Waals surface area contributed by atoms with Gasteiger partial charge in [0.2, 0.25) is 0 Å². The minimum Gasteiger partial charge on any atom is -0.396 e. The molecule has 0 rings (SSSR count). The van der Waals surface area contributed by atoms with Gasteiger partial charge < -0.3 is 5.11 Å². The molecule has 15 heavy (non-hydrogen) atoms. The largest absolute Gasteiger partial charge is 0.396 e. The molecule has 1 N–H and O–H groups in total. The molecule has 0 heterocycles. The maximum absolute atomic E-state index is 10.7. The Kier molecular flexibility index (Phi) is 7.57. The SMILES string of the molecule is C#CC[C@@H](N=O)[C@H](CCCO)[C@H](C)C=C. The zero-order valence-electron chi connectivity index (χ0n) is 9.22. The first-order valence-corrected chi connectivity index (χ1v) is 5.20. The molecule has 0 spiro atoms. The van der Waals surface area contributed by atoms with E-state index in [9.17, 15) is 4.91 Å². The first-order valence-electron chi connectivity index (χ1n) is 5.20. The molecule has 0 aliphatic rings. The Bertz CT molecular complexity index is 232. The van der Waals surface area contributed by atoms with E-state index in [4.69, 9.17) is 11.5 Å². The van der Waals surface area contributed by atoms with Crippen molar-refractivity contribution in [2.45, 2.75) is 32.2 Å². The lowest BCUT2D eigenvalue weighted by molar-refractivity contribution is 0.246. The zero-order valence-corrected chi connectivity index (χ0v) is 9.22. The van der Waals surface area contributed by atoms with Gasteiger partial charge in [0.15, 0.2) is 0 Å². The second-order valence-electron chi connectivity index (χ2n) is 3.71. The van der Waals surface area contributed by atoms with Gasteiger partial charge in [0.1, 0.15) is 6.04 Å². The van der Waals surface area contributed by atoms with E-state index < -0.39 is 0 Å². The number of aliphatic hydroxyl groups excluding tert-OH is 1. The molecule has 0 bridgehead atoms. The minimum atomic E-state index is -0.366. The number of nitrogens with zero attached hydrogens (tertiary/aromatic N) is 1. The molecule has 0 amide bonds. The fourth-order valence-corrected chi connectivity index (χ4v) is 1.70. The number of hydrogen-bond acceptors (Lipinski definition) is 3. The first kappa shape index (κ1) is 13.9. The molecule has 84 valence electrons. The molecule has 0 aliphatic carbocycles. The van der Waals surface area contributed by atoms with Crippen molar-refractivity contribution in [3.63, 3.8) is 0 Å². The van der Waals surface area contributed by atoms with Crippen LogP contribution in [0.25, 0.3) is 0 Å². The predicted molar refractivity (Wildman–Crippen MR) is 62.2 cm³/mol. The third kappa shape index (κ3) is 4.75. The summed E-state index contributed by atoms with van der Waals surface area (Å²) in [6, 6.07) is -0.366. The fourth-order valence-electron chi connectivity index (χ4n) is 1.70. The van der Waals surface area contributed by atoms with Gasteiger partial charge in [-0.25, -0.2) is 0 Å². The van der Waals surface area contributed by atoms with Crippen LogP contribution in [-0.4, -0.2) is 17.8 Å². The molecule has 0 aromatic heterocycles. The van der Waals surface area contributed by atoms with Gasteiger partial charge in [-0.3, -0.25) is 0 Å². The van der Waals surface area contributed by atoms with E-state index in [-0.39, 0.29) is 24.5 Å². The Morgan fingerprint density at radius 2 is 2.33 bits per heavy atom. The third-order valence-corrected chi connectivity index (χ3v) is 2.70. The van der Waals surface area contributed by atoms with Crippen LogP contribution in [0.3, 0.4) is 0 Å². The van der Waals surface area contributed by atoms with Gasteiger partial charge in [0, 0.05) is 13.0 Å². The topological polar surface area (TPSA) is 49.7 Å². The molecule has 3 nitrogen and oxygen atoms in total. The van der Waals surface area contributed by atoms with E-state index >= 15 is 0 Å². The highest BCUT2D eigenvalue weighted by Crippen LogP contribution is 2.26. The van der Waals surface area contributed by atoms with E-state index in [2.05, 4.69) is 17.7 Å².